The number of H-pyrrole nitrogens is 1. The van der Waals surface area contributed by atoms with Crippen molar-refractivity contribution in [2.45, 2.75) is 83.1 Å². The maximum absolute atomic E-state index is 13.6. The zero-order valence-corrected chi connectivity index (χ0v) is 23.0. The molecule has 13 heteroatoms. The van der Waals surface area contributed by atoms with Crippen molar-refractivity contribution in [1.29, 1.82) is 0 Å². The van der Waals surface area contributed by atoms with Crippen LogP contribution in [0.3, 0.4) is 0 Å². The molecule has 0 aliphatic carbocycles. The van der Waals surface area contributed by atoms with Gasteiger partial charge in [0.2, 0.25) is 17.7 Å². The van der Waals surface area contributed by atoms with Crippen molar-refractivity contribution in [2.24, 2.45) is 0 Å². The fourth-order valence-electron chi connectivity index (χ4n) is 4.37. The van der Waals surface area contributed by atoms with Crippen molar-refractivity contribution in [2.75, 3.05) is 0 Å². The summed E-state index contributed by atoms with van der Waals surface area (Å²) in [4.78, 5) is 80.1. The molecule has 13 nitrogen and oxygen atoms in total. The number of rotatable bonds is 6. The minimum absolute atomic E-state index is 0.00287. The molecular weight excluding hydrogens is 522 g/mol. The Hall–Kier alpha value is -4.42. The second-order valence-electron chi connectivity index (χ2n) is 11.1. The van der Waals surface area contributed by atoms with Crippen molar-refractivity contribution in [3.8, 4) is 0 Å². The first kappa shape index (κ1) is 30.1. The number of amides is 4. The average molecular weight is 558 g/mol. The van der Waals surface area contributed by atoms with Crippen molar-refractivity contribution < 1.29 is 38.6 Å². The zero-order chi connectivity index (χ0) is 29.8. The Morgan fingerprint density at radius 3 is 2.33 bits per heavy atom. The SMILES string of the molecule is CC(=O)[C@]1(C)C[C@H](NC(=O)OC(C)(C)C)C(=O)N[C@@H](CC(=O)O)C(=O)N[C@@H](Cc2c[nH]c3ccccc23)C(=O)N1. The maximum atomic E-state index is 13.6. The maximum Gasteiger partial charge on any atom is 0.408 e. The van der Waals surface area contributed by atoms with Crippen molar-refractivity contribution in [3.63, 3.8) is 0 Å². The van der Waals surface area contributed by atoms with Crippen LogP contribution in [0.1, 0.15) is 53.0 Å². The topological polar surface area (TPSA) is 196 Å². The molecule has 6 N–H and O–H groups in total. The minimum Gasteiger partial charge on any atom is -0.481 e. The number of nitrogens with one attached hydrogen (secondary N) is 5. The second-order valence-corrected chi connectivity index (χ2v) is 11.1. The molecule has 1 aliphatic rings. The van der Waals surface area contributed by atoms with E-state index < -0.39 is 77.7 Å². The van der Waals surface area contributed by atoms with E-state index in [0.717, 1.165) is 10.9 Å². The second kappa shape index (κ2) is 11.8. The van der Waals surface area contributed by atoms with Crippen LogP contribution in [0.4, 0.5) is 4.79 Å². The van der Waals surface area contributed by atoms with Crippen LogP contribution in [0.15, 0.2) is 30.5 Å². The summed E-state index contributed by atoms with van der Waals surface area (Å²) in [5.74, 6) is -4.46. The molecule has 0 spiro atoms. The number of Topliss-reactive ketones (excluding diaryl/α,β-unsaturated/α-hetero) is 1. The first-order valence-corrected chi connectivity index (χ1v) is 12.8. The lowest BCUT2D eigenvalue weighted by Gasteiger charge is -2.33. The lowest BCUT2D eigenvalue weighted by atomic mass is 9.88. The van der Waals surface area contributed by atoms with Gasteiger partial charge in [-0.05, 0) is 46.2 Å². The Morgan fingerprint density at radius 2 is 1.70 bits per heavy atom. The predicted molar refractivity (Wildman–Crippen MR) is 143 cm³/mol. The Kier molecular flexibility index (Phi) is 8.86. The van der Waals surface area contributed by atoms with Gasteiger partial charge in [0.25, 0.3) is 0 Å². The van der Waals surface area contributed by atoms with Crippen molar-refractivity contribution >= 4 is 46.5 Å². The van der Waals surface area contributed by atoms with E-state index in [1.807, 2.05) is 24.3 Å². The molecule has 1 aromatic carbocycles. The van der Waals surface area contributed by atoms with Gasteiger partial charge in [-0.2, -0.15) is 0 Å². The van der Waals surface area contributed by atoms with Gasteiger partial charge in [-0.25, -0.2) is 4.79 Å². The monoisotopic (exact) mass is 557 g/mol. The first-order valence-electron chi connectivity index (χ1n) is 12.8. The third kappa shape index (κ3) is 7.58. The quantitative estimate of drug-likeness (QED) is 0.301. The number of benzene rings is 1. The number of fused-ring (bicyclic) bond motifs is 1. The van der Waals surface area contributed by atoms with Gasteiger partial charge < -0.3 is 36.1 Å². The standard InChI is InChI=1S/C27H35N5O8/c1-14(33)27(5)12-20(31-25(39)40-26(2,3)4)23(37)30-19(11-21(34)35)22(36)29-18(24(38)32-27)10-15-13-28-17-9-7-6-8-16(15)17/h6-9,13,18-20,28H,10-12H2,1-5H3,(H,29,36)(H,30,37)(H,31,39)(H,32,38)(H,34,35)/t18-,19-,20-,27-/m0/s1. The molecule has 0 bridgehead atoms. The number of carbonyl (C=O) groups is 6. The highest BCUT2D eigenvalue weighted by molar-refractivity contribution is 5.99. The Bertz CT molecular complexity index is 1330. The third-order valence-corrected chi connectivity index (χ3v) is 6.54. The number of ketones is 1. The van der Waals surface area contributed by atoms with Crippen LogP contribution in [0, 0.1) is 0 Å². The number of hydrogen-bond acceptors (Lipinski definition) is 7. The Balaban J connectivity index is 2.01. The number of aliphatic carboxylic acids is 1. The molecular formula is C27H35N5O8. The lowest BCUT2D eigenvalue weighted by molar-refractivity contribution is -0.141. The van der Waals surface area contributed by atoms with E-state index in [2.05, 4.69) is 26.3 Å². The van der Waals surface area contributed by atoms with E-state index >= 15 is 0 Å². The number of hydrogen-bond donors (Lipinski definition) is 6. The van der Waals surface area contributed by atoms with Crippen LogP contribution >= 0.6 is 0 Å². The van der Waals surface area contributed by atoms with Crippen LogP contribution < -0.4 is 21.3 Å². The van der Waals surface area contributed by atoms with Gasteiger partial charge in [-0.3, -0.25) is 24.0 Å². The van der Waals surface area contributed by atoms with Crippen LogP contribution in [0.2, 0.25) is 0 Å². The van der Waals surface area contributed by atoms with E-state index in [-0.39, 0.29) is 6.42 Å². The summed E-state index contributed by atoms with van der Waals surface area (Å²) in [6.45, 7) is 7.48. The van der Waals surface area contributed by atoms with Gasteiger partial charge in [-0.1, -0.05) is 18.2 Å². The van der Waals surface area contributed by atoms with Crippen LogP contribution in [0.5, 0.6) is 0 Å². The summed E-state index contributed by atoms with van der Waals surface area (Å²) in [5, 5.41) is 20.1. The average Bonchev–Trinajstić information content (AvgIpc) is 3.23. The van der Waals surface area contributed by atoms with E-state index in [1.54, 1.807) is 27.0 Å². The lowest BCUT2D eigenvalue weighted by Crippen LogP contribution is -2.60. The molecule has 4 amide bonds. The third-order valence-electron chi connectivity index (χ3n) is 6.54. The Labute approximate surface area is 230 Å². The molecule has 40 heavy (non-hydrogen) atoms. The molecule has 216 valence electrons. The van der Waals surface area contributed by atoms with Crippen LogP contribution in [-0.2, 0) is 35.1 Å². The Morgan fingerprint density at radius 1 is 1.05 bits per heavy atom. The highest BCUT2D eigenvalue weighted by Crippen LogP contribution is 2.21. The number of ether oxygens (including phenoxy) is 1. The molecule has 3 rings (SSSR count). The summed E-state index contributed by atoms with van der Waals surface area (Å²) < 4.78 is 5.24. The van der Waals surface area contributed by atoms with Gasteiger partial charge in [0.05, 0.1) is 12.0 Å². The first-order chi connectivity index (χ1) is 18.6. The molecule has 2 aromatic rings. The van der Waals surface area contributed by atoms with Gasteiger partial charge in [0.1, 0.15) is 23.7 Å². The molecule has 0 saturated carbocycles. The van der Waals surface area contributed by atoms with Gasteiger partial charge in [0.15, 0.2) is 5.78 Å². The summed E-state index contributed by atoms with van der Waals surface area (Å²) in [7, 11) is 0. The van der Waals surface area contributed by atoms with Gasteiger partial charge >= 0.3 is 12.1 Å². The number of carbonyl (C=O) groups excluding carboxylic acids is 5. The van der Waals surface area contributed by atoms with Crippen LogP contribution in [0.25, 0.3) is 10.9 Å². The van der Waals surface area contributed by atoms with Crippen molar-refractivity contribution in [1.82, 2.24) is 26.3 Å². The summed E-state index contributed by atoms with van der Waals surface area (Å²) >= 11 is 0. The highest BCUT2D eigenvalue weighted by Gasteiger charge is 2.42. The molecule has 4 atom stereocenters. The predicted octanol–water partition coefficient (Wildman–Crippen LogP) is 0.916. The minimum atomic E-state index is -1.65. The molecule has 1 aliphatic heterocycles. The summed E-state index contributed by atoms with van der Waals surface area (Å²) in [5.41, 5.74) is -1.06. The fourth-order valence-corrected chi connectivity index (χ4v) is 4.37. The normalized spacial score (nSPS) is 24.2. The summed E-state index contributed by atoms with van der Waals surface area (Å²) in [6, 6.07) is 3.08. The molecule has 2 heterocycles. The largest absolute Gasteiger partial charge is 0.481 e. The molecule has 1 fully saturated rings. The fraction of sp³-hybridized carbons (Fsp3) is 0.481. The van der Waals surface area contributed by atoms with E-state index in [1.165, 1.54) is 13.8 Å². The number of aromatic nitrogens is 1. The molecule has 0 unspecified atom stereocenters. The van der Waals surface area contributed by atoms with Crippen molar-refractivity contribution in [3.05, 3.63) is 36.0 Å². The van der Waals surface area contributed by atoms with Crippen LogP contribution in [-0.4, -0.2) is 74.9 Å². The van der Waals surface area contributed by atoms with Gasteiger partial charge in [-0.15, -0.1) is 0 Å². The number of para-hydroxylation sites is 1. The van der Waals surface area contributed by atoms with E-state index in [4.69, 9.17) is 4.74 Å². The van der Waals surface area contributed by atoms with E-state index in [9.17, 15) is 33.9 Å². The number of carboxylic acid groups (broad SMARTS) is 1. The zero-order valence-electron chi connectivity index (χ0n) is 23.0. The van der Waals surface area contributed by atoms with E-state index in [0.29, 0.717) is 5.56 Å². The summed E-state index contributed by atoms with van der Waals surface area (Å²) in [6.07, 6.45) is -0.467. The number of aromatic amines is 1. The highest BCUT2D eigenvalue weighted by atomic mass is 16.6. The molecule has 1 saturated heterocycles. The molecule has 0 radical (unpaired) electrons. The molecule has 1 aromatic heterocycles. The number of carboxylic acids is 1. The van der Waals surface area contributed by atoms with Gasteiger partial charge in [0, 0.05) is 29.9 Å². The smallest absolute Gasteiger partial charge is 0.408 e. The number of alkyl carbamates (subject to hydrolysis) is 1.